The highest BCUT2D eigenvalue weighted by Crippen LogP contribution is 2.40. The molecule has 1 aromatic heterocycles. The van der Waals surface area contributed by atoms with Crippen LogP contribution in [0.3, 0.4) is 0 Å². The van der Waals surface area contributed by atoms with Gasteiger partial charge >= 0.3 is 11.9 Å². The van der Waals surface area contributed by atoms with Gasteiger partial charge in [-0.15, -0.1) is 0 Å². The second-order valence-corrected chi connectivity index (χ2v) is 3.04. The fourth-order valence-electron chi connectivity index (χ4n) is 1.24. The van der Waals surface area contributed by atoms with Crippen molar-refractivity contribution in [1.29, 1.82) is 0 Å². The lowest BCUT2D eigenvalue weighted by Crippen LogP contribution is -1.95. The number of aromatic carboxylic acids is 1. The summed E-state index contributed by atoms with van der Waals surface area (Å²) < 4.78 is 4.97. The predicted octanol–water partition coefficient (Wildman–Crippen LogP) is 1.56. The lowest BCUT2D eigenvalue weighted by atomic mass is 10.2. The molecular formula is C8H9NO3. The van der Waals surface area contributed by atoms with Gasteiger partial charge in [0.25, 0.3) is 0 Å². The summed E-state index contributed by atoms with van der Waals surface area (Å²) in [5.74, 6) is -0.184. The van der Waals surface area contributed by atoms with Crippen molar-refractivity contribution in [3.8, 4) is 0 Å². The van der Waals surface area contributed by atoms with Gasteiger partial charge in [0.1, 0.15) is 5.76 Å². The maximum absolute atomic E-state index is 10.5. The number of oxazole rings is 1. The molecule has 0 radical (unpaired) electrons. The Bertz CT molecular complexity index is 325. The summed E-state index contributed by atoms with van der Waals surface area (Å²) in [6.45, 7) is 1.76. The average Bonchev–Trinajstić information content (AvgIpc) is 2.75. The van der Waals surface area contributed by atoms with E-state index in [2.05, 4.69) is 4.98 Å². The third kappa shape index (κ3) is 1.09. The molecule has 64 valence electrons. The Hall–Kier alpha value is -1.32. The van der Waals surface area contributed by atoms with Crippen LogP contribution in [0.1, 0.15) is 40.9 Å². The van der Waals surface area contributed by atoms with Gasteiger partial charge in [0.05, 0.1) is 5.69 Å². The third-order valence-electron chi connectivity index (χ3n) is 1.98. The number of nitrogens with zero attached hydrogens (tertiary/aromatic N) is 1. The van der Waals surface area contributed by atoms with Crippen molar-refractivity contribution in [1.82, 2.24) is 4.98 Å². The number of hydrogen-bond acceptors (Lipinski definition) is 3. The minimum absolute atomic E-state index is 0.186. The topological polar surface area (TPSA) is 63.3 Å². The summed E-state index contributed by atoms with van der Waals surface area (Å²) in [5.41, 5.74) is 0.826. The van der Waals surface area contributed by atoms with Crippen LogP contribution in [0.4, 0.5) is 0 Å². The highest BCUT2D eigenvalue weighted by Gasteiger charge is 2.30. The molecule has 1 saturated carbocycles. The van der Waals surface area contributed by atoms with Gasteiger partial charge in [0, 0.05) is 5.92 Å². The van der Waals surface area contributed by atoms with Crippen LogP contribution >= 0.6 is 0 Å². The number of aromatic nitrogens is 1. The molecule has 0 amide bonds. The molecule has 1 N–H and O–H groups in total. The monoisotopic (exact) mass is 167 g/mol. The molecule has 1 aliphatic carbocycles. The lowest BCUT2D eigenvalue weighted by molar-refractivity contribution is 0.0652. The van der Waals surface area contributed by atoms with Crippen LogP contribution in [0.25, 0.3) is 0 Å². The van der Waals surface area contributed by atoms with Gasteiger partial charge in [-0.25, -0.2) is 9.78 Å². The van der Waals surface area contributed by atoms with E-state index in [-0.39, 0.29) is 5.89 Å². The predicted molar refractivity (Wildman–Crippen MR) is 40.2 cm³/mol. The molecule has 0 aliphatic heterocycles. The van der Waals surface area contributed by atoms with Crippen molar-refractivity contribution in [2.75, 3.05) is 0 Å². The second kappa shape index (κ2) is 2.33. The molecule has 1 heterocycles. The third-order valence-corrected chi connectivity index (χ3v) is 1.98. The first-order chi connectivity index (χ1) is 5.68. The normalized spacial score (nSPS) is 16.4. The molecule has 0 unspecified atom stereocenters. The van der Waals surface area contributed by atoms with Crippen LogP contribution in [0.5, 0.6) is 0 Å². The van der Waals surface area contributed by atoms with E-state index in [9.17, 15) is 4.79 Å². The van der Waals surface area contributed by atoms with E-state index in [0.717, 1.165) is 18.5 Å². The van der Waals surface area contributed by atoms with Gasteiger partial charge in [-0.05, 0) is 19.8 Å². The number of rotatable bonds is 2. The zero-order valence-corrected chi connectivity index (χ0v) is 6.70. The zero-order chi connectivity index (χ0) is 8.72. The largest absolute Gasteiger partial charge is 0.474 e. The van der Waals surface area contributed by atoms with E-state index in [1.807, 2.05) is 0 Å². The number of carboxylic acid groups (broad SMARTS) is 1. The van der Waals surface area contributed by atoms with E-state index in [0.29, 0.717) is 11.7 Å². The summed E-state index contributed by atoms with van der Waals surface area (Å²) in [5, 5.41) is 8.57. The van der Waals surface area contributed by atoms with E-state index in [4.69, 9.17) is 9.52 Å². The van der Waals surface area contributed by atoms with Crippen molar-refractivity contribution in [3.63, 3.8) is 0 Å². The van der Waals surface area contributed by atoms with Crippen LogP contribution in [0.2, 0.25) is 0 Å². The Balaban J connectivity index is 2.36. The SMILES string of the molecule is Cc1oc(C(=O)O)nc1C1CC1. The molecule has 0 spiro atoms. The smallest absolute Gasteiger partial charge is 0.392 e. The molecule has 4 nitrogen and oxygen atoms in total. The standard InChI is InChI=1S/C8H9NO3/c1-4-6(5-2-3-5)9-7(12-4)8(10)11/h5H,2-3H2,1H3,(H,10,11). The summed E-state index contributed by atoms with van der Waals surface area (Å²) in [6, 6.07) is 0. The molecule has 0 saturated heterocycles. The highest BCUT2D eigenvalue weighted by atomic mass is 16.4. The molecule has 1 aromatic rings. The first-order valence-electron chi connectivity index (χ1n) is 3.89. The zero-order valence-electron chi connectivity index (χ0n) is 6.70. The summed E-state index contributed by atoms with van der Waals surface area (Å²) >= 11 is 0. The van der Waals surface area contributed by atoms with Gasteiger partial charge in [-0.2, -0.15) is 0 Å². The molecule has 0 bridgehead atoms. The first-order valence-corrected chi connectivity index (χ1v) is 3.89. The van der Waals surface area contributed by atoms with Gasteiger partial charge in [-0.3, -0.25) is 0 Å². The fraction of sp³-hybridized carbons (Fsp3) is 0.500. The summed E-state index contributed by atoms with van der Waals surface area (Å²) in [7, 11) is 0. The van der Waals surface area contributed by atoms with Gasteiger partial charge in [0.2, 0.25) is 0 Å². The molecule has 12 heavy (non-hydrogen) atoms. The van der Waals surface area contributed by atoms with Crippen LogP contribution in [0.15, 0.2) is 4.42 Å². The molecule has 0 atom stereocenters. The van der Waals surface area contributed by atoms with Gasteiger partial charge < -0.3 is 9.52 Å². The first kappa shape index (κ1) is 7.34. The van der Waals surface area contributed by atoms with Gasteiger partial charge in [0.15, 0.2) is 0 Å². The van der Waals surface area contributed by atoms with Crippen molar-refractivity contribution < 1.29 is 14.3 Å². The van der Waals surface area contributed by atoms with Crippen LogP contribution in [-0.2, 0) is 0 Å². The van der Waals surface area contributed by atoms with Crippen LogP contribution in [-0.4, -0.2) is 16.1 Å². The molecule has 0 aromatic carbocycles. The number of carbonyl (C=O) groups is 1. The fourth-order valence-corrected chi connectivity index (χ4v) is 1.24. The van der Waals surface area contributed by atoms with E-state index in [1.54, 1.807) is 6.92 Å². The average molecular weight is 167 g/mol. The molecule has 1 fully saturated rings. The summed E-state index contributed by atoms with van der Waals surface area (Å²) in [4.78, 5) is 14.4. The van der Waals surface area contributed by atoms with Crippen molar-refractivity contribution in [2.45, 2.75) is 25.7 Å². The Morgan fingerprint density at radius 3 is 2.75 bits per heavy atom. The lowest BCUT2D eigenvalue weighted by Gasteiger charge is -1.86. The highest BCUT2D eigenvalue weighted by molar-refractivity contribution is 5.82. The molecule has 1 aliphatic rings. The minimum atomic E-state index is -1.09. The maximum Gasteiger partial charge on any atom is 0.392 e. The molecule has 4 heteroatoms. The van der Waals surface area contributed by atoms with Crippen molar-refractivity contribution in [2.24, 2.45) is 0 Å². The Morgan fingerprint density at radius 1 is 1.67 bits per heavy atom. The quantitative estimate of drug-likeness (QED) is 0.725. The maximum atomic E-state index is 10.5. The van der Waals surface area contributed by atoms with Crippen LogP contribution in [0, 0.1) is 6.92 Å². The Morgan fingerprint density at radius 2 is 2.33 bits per heavy atom. The van der Waals surface area contributed by atoms with Crippen molar-refractivity contribution >= 4 is 5.97 Å². The summed E-state index contributed by atoms with van der Waals surface area (Å²) in [6.07, 6.45) is 2.21. The Labute approximate surface area is 69.2 Å². The van der Waals surface area contributed by atoms with Crippen molar-refractivity contribution in [3.05, 3.63) is 17.3 Å². The van der Waals surface area contributed by atoms with Crippen LogP contribution < -0.4 is 0 Å². The Kier molecular flexibility index (Phi) is 1.43. The van der Waals surface area contributed by atoms with E-state index in [1.165, 1.54) is 0 Å². The number of aryl methyl sites for hydroxylation is 1. The number of hydrogen-bond donors (Lipinski definition) is 1. The van der Waals surface area contributed by atoms with E-state index >= 15 is 0 Å². The van der Waals surface area contributed by atoms with E-state index < -0.39 is 5.97 Å². The minimum Gasteiger partial charge on any atom is -0.474 e. The molecular weight excluding hydrogens is 158 g/mol. The van der Waals surface area contributed by atoms with Gasteiger partial charge in [-0.1, -0.05) is 0 Å². The number of carboxylic acids is 1. The molecule has 2 rings (SSSR count). The second-order valence-electron chi connectivity index (χ2n) is 3.04.